The van der Waals surface area contributed by atoms with Gasteiger partial charge in [0.15, 0.2) is 0 Å². The summed E-state index contributed by atoms with van der Waals surface area (Å²) in [6.45, 7) is 5.81. The number of hydrogen-bond donors (Lipinski definition) is 1. The van der Waals surface area contributed by atoms with E-state index in [0.29, 0.717) is 6.61 Å². The van der Waals surface area contributed by atoms with Crippen molar-refractivity contribution in [2.45, 2.75) is 33.2 Å². The van der Waals surface area contributed by atoms with Crippen molar-refractivity contribution in [1.29, 1.82) is 0 Å². The summed E-state index contributed by atoms with van der Waals surface area (Å²) in [4.78, 5) is 6.04. The minimum atomic E-state index is 0.679. The number of benzene rings is 1. The fourth-order valence-corrected chi connectivity index (χ4v) is 3.16. The summed E-state index contributed by atoms with van der Waals surface area (Å²) in [5, 5.41) is 4.36. The second-order valence-corrected chi connectivity index (χ2v) is 5.94. The van der Waals surface area contributed by atoms with Crippen molar-refractivity contribution in [2.75, 3.05) is 13.7 Å². The largest absolute Gasteiger partial charge is 0.493 e. The van der Waals surface area contributed by atoms with E-state index in [1.807, 2.05) is 19.2 Å². The quantitative estimate of drug-likeness (QED) is 0.849. The standard InChI is InChI=1S/C16H22N2OS/c1-4-14-15(11-17-3)20-16(18-14)9-10-19-13-7-5-12(2)6-8-13/h5-8,17H,4,9-11H2,1-3H3. The highest BCUT2D eigenvalue weighted by Gasteiger charge is 2.09. The first kappa shape index (κ1) is 15.0. The van der Waals surface area contributed by atoms with Crippen molar-refractivity contribution in [2.24, 2.45) is 0 Å². The maximum Gasteiger partial charge on any atom is 0.119 e. The third-order valence-electron chi connectivity index (χ3n) is 3.10. The maximum absolute atomic E-state index is 5.76. The Hall–Kier alpha value is -1.39. The van der Waals surface area contributed by atoms with Crippen molar-refractivity contribution >= 4 is 11.3 Å². The molecule has 20 heavy (non-hydrogen) atoms. The lowest BCUT2D eigenvalue weighted by Gasteiger charge is -2.04. The summed E-state index contributed by atoms with van der Waals surface area (Å²) in [5.74, 6) is 0.929. The van der Waals surface area contributed by atoms with Gasteiger partial charge in [-0.2, -0.15) is 0 Å². The average Bonchev–Trinajstić information content (AvgIpc) is 2.84. The van der Waals surface area contributed by atoms with Gasteiger partial charge in [0.25, 0.3) is 0 Å². The van der Waals surface area contributed by atoms with E-state index in [2.05, 4.69) is 31.3 Å². The number of nitrogens with zero attached hydrogens (tertiary/aromatic N) is 1. The molecule has 0 saturated heterocycles. The number of thiazole rings is 1. The molecule has 0 fully saturated rings. The van der Waals surface area contributed by atoms with E-state index in [1.54, 1.807) is 11.3 Å². The molecular formula is C16H22N2OS. The monoisotopic (exact) mass is 290 g/mol. The molecule has 0 spiro atoms. The van der Waals surface area contributed by atoms with Crippen molar-refractivity contribution in [3.05, 3.63) is 45.4 Å². The average molecular weight is 290 g/mol. The predicted molar refractivity (Wildman–Crippen MR) is 84.6 cm³/mol. The summed E-state index contributed by atoms with van der Waals surface area (Å²) >= 11 is 1.79. The molecule has 0 bridgehead atoms. The Morgan fingerprint density at radius 2 is 2.00 bits per heavy atom. The molecule has 0 amide bonds. The minimum absolute atomic E-state index is 0.679. The van der Waals surface area contributed by atoms with Crippen LogP contribution in [0, 0.1) is 6.92 Å². The molecule has 108 valence electrons. The molecule has 1 N–H and O–H groups in total. The van der Waals surface area contributed by atoms with Crippen LogP contribution in [0.15, 0.2) is 24.3 Å². The summed E-state index contributed by atoms with van der Waals surface area (Å²) in [7, 11) is 1.97. The molecule has 0 aliphatic rings. The molecule has 0 radical (unpaired) electrons. The SMILES string of the molecule is CCc1nc(CCOc2ccc(C)cc2)sc1CNC. The highest BCUT2D eigenvalue weighted by Crippen LogP contribution is 2.20. The molecule has 0 unspecified atom stereocenters. The van der Waals surface area contributed by atoms with Crippen LogP contribution in [0.5, 0.6) is 5.75 Å². The van der Waals surface area contributed by atoms with E-state index in [9.17, 15) is 0 Å². The van der Waals surface area contributed by atoms with E-state index in [1.165, 1.54) is 21.1 Å². The van der Waals surface area contributed by atoms with Gasteiger partial charge in [-0.05, 0) is 32.5 Å². The third-order valence-corrected chi connectivity index (χ3v) is 4.26. The van der Waals surface area contributed by atoms with Gasteiger partial charge in [0, 0.05) is 17.8 Å². The van der Waals surface area contributed by atoms with Gasteiger partial charge in [-0.3, -0.25) is 0 Å². The van der Waals surface area contributed by atoms with Gasteiger partial charge in [-0.25, -0.2) is 4.98 Å². The summed E-state index contributed by atoms with van der Waals surface area (Å²) < 4.78 is 5.76. The van der Waals surface area contributed by atoms with Gasteiger partial charge >= 0.3 is 0 Å². The summed E-state index contributed by atoms with van der Waals surface area (Å²) in [6, 6.07) is 8.17. The van der Waals surface area contributed by atoms with Crippen LogP contribution in [0.25, 0.3) is 0 Å². The first-order valence-corrected chi connectivity index (χ1v) is 7.86. The minimum Gasteiger partial charge on any atom is -0.493 e. The molecule has 0 atom stereocenters. The lowest BCUT2D eigenvalue weighted by atomic mass is 10.2. The Bertz CT molecular complexity index is 534. The van der Waals surface area contributed by atoms with Gasteiger partial charge in [0.1, 0.15) is 5.75 Å². The lowest BCUT2D eigenvalue weighted by molar-refractivity contribution is 0.321. The molecule has 0 aliphatic carbocycles. The van der Waals surface area contributed by atoms with Crippen LogP contribution in [0.1, 0.15) is 28.1 Å². The van der Waals surface area contributed by atoms with Crippen molar-refractivity contribution in [3.8, 4) is 5.75 Å². The first-order chi connectivity index (χ1) is 9.72. The van der Waals surface area contributed by atoms with Crippen LogP contribution in [0.3, 0.4) is 0 Å². The molecule has 0 saturated carbocycles. The zero-order chi connectivity index (χ0) is 14.4. The van der Waals surface area contributed by atoms with Gasteiger partial charge in [0.2, 0.25) is 0 Å². The Labute approximate surface area is 125 Å². The maximum atomic E-state index is 5.76. The predicted octanol–water partition coefficient (Wildman–Crippen LogP) is 3.35. The van der Waals surface area contributed by atoms with Gasteiger partial charge < -0.3 is 10.1 Å². The Morgan fingerprint density at radius 3 is 2.65 bits per heavy atom. The van der Waals surface area contributed by atoms with E-state index in [0.717, 1.165) is 25.1 Å². The number of aromatic nitrogens is 1. The van der Waals surface area contributed by atoms with Crippen molar-refractivity contribution in [1.82, 2.24) is 10.3 Å². The van der Waals surface area contributed by atoms with Gasteiger partial charge in [0.05, 0.1) is 17.3 Å². The number of ether oxygens (including phenoxy) is 1. The van der Waals surface area contributed by atoms with Crippen molar-refractivity contribution in [3.63, 3.8) is 0 Å². The number of aryl methyl sites for hydroxylation is 2. The second-order valence-electron chi connectivity index (χ2n) is 4.77. The zero-order valence-corrected chi connectivity index (χ0v) is 13.2. The van der Waals surface area contributed by atoms with E-state index >= 15 is 0 Å². The normalized spacial score (nSPS) is 10.8. The Balaban J connectivity index is 1.89. The fourth-order valence-electron chi connectivity index (χ4n) is 2.01. The highest BCUT2D eigenvalue weighted by molar-refractivity contribution is 7.11. The van der Waals surface area contributed by atoms with E-state index in [-0.39, 0.29) is 0 Å². The zero-order valence-electron chi connectivity index (χ0n) is 12.4. The fraction of sp³-hybridized carbons (Fsp3) is 0.438. The van der Waals surface area contributed by atoms with E-state index < -0.39 is 0 Å². The highest BCUT2D eigenvalue weighted by atomic mass is 32.1. The van der Waals surface area contributed by atoms with Gasteiger partial charge in [-0.15, -0.1) is 11.3 Å². The molecule has 2 aromatic rings. The molecule has 1 aromatic carbocycles. The first-order valence-electron chi connectivity index (χ1n) is 7.04. The molecule has 4 heteroatoms. The van der Waals surface area contributed by atoms with Crippen LogP contribution < -0.4 is 10.1 Å². The van der Waals surface area contributed by atoms with Crippen LogP contribution in [-0.2, 0) is 19.4 Å². The van der Waals surface area contributed by atoms with Gasteiger partial charge in [-0.1, -0.05) is 24.6 Å². The van der Waals surface area contributed by atoms with E-state index in [4.69, 9.17) is 9.72 Å². The summed E-state index contributed by atoms with van der Waals surface area (Å²) in [6.07, 6.45) is 1.86. The molecule has 3 nitrogen and oxygen atoms in total. The molecule has 2 rings (SSSR count). The third kappa shape index (κ3) is 4.05. The number of rotatable bonds is 7. The van der Waals surface area contributed by atoms with Crippen LogP contribution >= 0.6 is 11.3 Å². The van der Waals surface area contributed by atoms with Crippen LogP contribution in [0.4, 0.5) is 0 Å². The topological polar surface area (TPSA) is 34.1 Å². The second kappa shape index (κ2) is 7.41. The van der Waals surface area contributed by atoms with Crippen LogP contribution in [-0.4, -0.2) is 18.6 Å². The molecule has 0 aliphatic heterocycles. The number of hydrogen-bond acceptors (Lipinski definition) is 4. The number of nitrogens with one attached hydrogen (secondary N) is 1. The molecule has 1 aromatic heterocycles. The Morgan fingerprint density at radius 1 is 1.25 bits per heavy atom. The lowest BCUT2D eigenvalue weighted by Crippen LogP contribution is -2.05. The Kier molecular flexibility index (Phi) is 5.56. The van der Waals surface area contributed by atoms with Crippen LogP contribution in [0.2, 0.25) is 0 Å². The van der Waals surface area contributed by atoms with Crippen molar-refractivity contribution < 1.29 is 4.74 Å². The molecular weight excluding hydrogens is 268 g/mol. The smallest absolute Gasteiger partial charge is 0.119 e. The molecule has 1 heterocycles. The summed E-state index contributed by atoms with van der Waals surface area (Å²) in [5.41, 5.74) is 2.47.